The molecule has 0 spiro atoms. The first kappa shape index (κ1) is 12.6. The molecule has 1 amide bonds. The van der Waals surface area contributed by atoms with E-state index in [0.29, 0.717) is 11.4 Å². The summed E-state index contributed by atoms with van der Waals surface area (Å²) >= 11 is 1.33. The Bertz CT molecular complexity index is 732. The van der Waals surface area contributed by atoms with Crippen LogP contribution in [0.2, 0.25) is 0 Å². The Hall–Kier alpha value is -2.47. The molecule has 20 heavy (non-hydrogen) atoms. The molecule has 0 aliphatic heterocycles. The molecule has 0 aliphatic rings. The Morgan fingerprint density at radius 1 is 1.25 bits per heavy atom. The molecule has 0 bridgehead atoms. The Labute approximate surface area is 119 Å². The number of primary amides is 1. The van der Waals surface area contributed by atoms with Gasteiger partial charge >= 0.3 is 0 Å². The lowest BCUT2D eigenvalue weighted by Gasteiger charge is -2.01. The second-order valence-electron chi connectivity index (χ2n) is 4.28. The van der Waals surface area contributed by atoms with Crippen LogP contribution in [0.1, 0.15) is 15.2 Å². The third kappa shape index (κ3) is 2.46. The van der Waals surface area contributed by atoms with E-state index in [4.69, 9.17) is 5.73 Å². The summed E-state index contributed by atoms with van der Waals surface area (Å²) in [5.74, 6) is -0.418. The number of hydrogen-bond donors (Lipinski definition) is 1. The molecule has 0 aliphatic carbocycles. The van der Waals surface area contributed by atoms with Crippen LogP contribution in [0.25, 0.3) is 11.3 Å². The number of rotatable bonds is 4. The van der Waals surface area contributed by atoms with Crippen LogP contribution >= 0.6 is 11.3 Å². The summed E-state index contributed by atoms with van der Waals surface area (Å²) in [6, 6.07) is 7.64. The van der Waals surface area contributed by atoms with Crippen LogP contribution in [0.5, 0.6) is 0 Å². The number of carbonyl (C=O) groups excluding carboxylic acids is 1. The average Bonchev–Trinajstić information content (AvgIpc) is 3.07. The average molecular weight is 284 g/mol. The zero-order valence-corrected chi connectivity index (χ0v) is 11.4. The summed E-state index contributed by atoms with van der Waals surface area (Å²) in [5, 5.41) is 6.33. The summed E-state index contributed by atoms with van der Waals surface area (Å²) in [4.78, 5) is 15.9. The van der Waals surface area contributed by atoms with Crippen LogP contribution in [-0.2, 0) is 6.54 Å². The summed E-state index contributed by atoms with van der Waals surface area (Å²) in [6.07, 6.45) is 5.39. The van der Waals surface area contributed by atoms with Gasteiger partial charge in [0, 0.05) is 24.2 Å². The fourth-order valence-corrected chi connectivity index (χ4v) is 2.73. The number of pyridine rings is 1. The van der Waals surface area contributed by atoms with Crippen molar-refractivity contribution in [1.82, 2.24) is 14.8 Å². The largest absolute Gasteiger partial charge is 0.365 e. The van der Waals surface area contributed by atoms with E-state index in [1.54, 1.807) is 12.4 Å². The van der Waals surface area contributed by atoms with Gasteiger partial charge in [0.15, 0.2) is 0 Å². The molecule has 0 radical (unpaired) electrons. The minimum absolute atomic E-state index is 0.418. The summed E-state index contributed by atoms with van der Waals surface area (Å²) in [5.41, 5.74) is 8.02. The van der Waals surface area contributed by atoms with Gasteiger partial charge in [-0.05, 0) is 35.2 Å². The number of nitrogens with two attached hydrogens (primary N) is 1. The van der Waals surface area contributed by atoms with Gasteiger partial charge in [0.05, 0.1) is 12.2 Å². The zero-order valence-electron chi connectivity index (χ0n) is 10.6. The molecule has 0 fully saturated rings. The van der Waals surface area contributed by atoms with Gasteiger partial charge in [-0.3, -0.25) is 14.5 Å². The molecule has 3 aromatic rings. The SMILES string of the molecule is NC(=O)c1sccc1-c1ccn(Cc2ccncc2)n1. The van der Waals surface area contributed by atoms with Crippen LogP contribution < -0.4 is 5.73 Å². The highest BCUT2D eigenvalue weighted by molar-refractivity contribution is 7.12. The topological polar surface area (TPSA) is 73.8 Å². The highest BCUT2D eigenvalue weighted by Crippen LogP contribution is 2.26. The van der Waals surface area contributed by atoms with Crippen molar-refractivity contribution in [2.24, 2.45) is 5.73 Å². The molecule has 0 saturated heterocycles. The Balaban J connectivity index is 1.87. The van der Waals surface area contributed by atoms with E-state index in [1.165, 1.54) is 11.3 Å². The van der Waals surface area contributed by atoms with Gasteiger partial charge in [0.25, 0.3) is 5.91 Å². The van der Waals surface area contributed by atoms with Crippen molar-refractivity contribution in [2.45, 2.75) is 6.54 Å². The molecule has 6 heteroatoms. The van der Waals surface area contributed by atoms with Crippen LogP contribution in [0.4, 0.5) is 0 Å². The van der Waals surface area contributed by atoms with Crippen LogP contribution in [0.15, 0.2) is 48.2 Å². The van der Waals surface area contributed by atoms with Crippen molar-refractivity contribution < 1.29 is 4.79 Å². The normalized spacial score (nSPS) is 10.6. The molecule has 3 aromatic heterocycles. The van der Waals surface area contributed by atoms with Gasteiger partial charge in [-0.25, -0.2) is 0 Å². The molecule has 100 valence electrons. The third-order valence-corrected chi connectivity index (χ3v) is 3.83. The van der Waals surface area contributed by atoms with E-state index in [1.807, 2.05) is 40.5 Å². The predicted molar refractivity (Wildman–Crippen MR) is 77.4 cm³/mol. The lowest BCUT2D eigenvalue weighted by molar-refractivity contribution is 0.100. The van der Waals surface area contributed by atoms with E-state index in [-0.39, 0.29) is 0 Å². The van der Waals surface area contributed by atoms with Gasteiger partial charge in [0.1, 0.15) is 4.88 Å². The van der Waals surface area contributed by atoms with E-state index < -0.39 is 5.91 Å². The van der Waals surface area contributed by atoms with E-state index in [0.717, 1.165) is 16.8 Å². The monoisotopic (exact) mass is 284 g/mol. The fraction of sp³-hybridized carbons (Fsp3) is 0.0714. The fourth-order valence-electron chi connectivity index (χ4n) is 1.97. The summed E-state index contributed by atoms with van der Waals surface area (Å²) < 4.78 is 1.83. The van der Waals surface area contributed by atoms with Gasteiger partial charge in [0.2, 0.25) is 0 Å². The molecule has 3 heterocycles. The lowest BCUT2D eigenvalue weighted by Crippen LogP contribution is -2.10. The first-order chi connectivity index (χ1) is 9.74. The predicted octanol–water partition coefficient (Wildman–Crippen LogP) is 2.15. The van der Waals surface area contributed by atoms with E-state index >= 15 is 0 Å². The molecule has 0 saturated carbocycles. The molecule has 0 atom stereocenters. The second-order valence-corrected chi connectivity index (χ2v) is 5.20. The lowest BCUT2D eigenvalue weighted by atomic mass is 10.2. The van der Waals surface area contributed by atoms with Crippen molar-refractivity contribution in [3.63, 3.8) is 0 Å². The van der Waals surface area contributed by atoms with E-state index in [9.17, 15) is 4.79 Å². The van der Waals surface area contributed by atoms with Crippen molar-refractivity contribution in [2.75, 3.05) is 0 Å². The zero-order chi connectivity index (χ0) is 13.9. The van der Waals surface area contributed by atoms with Gasteiger partial charge in [-0.15, -0.1) is 11.3 Å². The third-order valence-electron chi connectivity index (χ3n) is 2.90. The maximum atomic E-state index is 11.3. The maximum absolute atomic E-state index is 11.3. The molecule has 0 unspecified atom stereocenters. The minimum atomic E-state index is -0.418. The smallest absolute Gasteiger partial charge is 0.259 e. The van der Waals surface area contributed by atoms with Crippen LogP contribution in [0, 0.1) is 0 Å². The number of aromatic nitrogens is 3. The molecular weight excluding hydrogens is 272 g/mol. The number of thiophene rings is 1. The van der Waals surface area contributed by atoms with Crippen molar-refractivity contribution in [1.29, 1.82) is 0 Å². The van der Waals surface area contributed by atoms with E-state index in [2.05, 4.69) is 10.1 Å². The molecular formula is C14H12N4OS. The molecule has 0 aromatic carbocycles. The molecule has 5 nitrogen and oxygen atoms in total. The van der Waals surface area contributed by atoms with Gasteiger partial charge < -0.3 is 5.73 Å². The van der Waals surface area contributed by atoms with Crippen molar-refractivity contribution in [3.05, 3.63) is 58.7 Å². The quantitative estimate of drug-likeness (QED) is 0.797. The van der Waals surface area contributed by atoms with Crippen molar-refractivity contribution in [3.8, 4) is 11.3 Å². The first-order valence-electron chi connectivity index (χ1n) is 6.04. The van der Waals surface area contributed by atoms with Crippen LogP contribution in [0.3, 0.4) is 0 Å². The summed E-state index contributed by atoms with van der Waals surface area (Å²) in [6.45, 7) is 0.665. The van der Waals surface area contributed by atoms with Gasteiger partial charge in [-0.2, -0.15) is 5.10 Å². The second kappa shape index (κ2) is 5.26. The highest BCUT2D eigenvalue weighted by atomic mass is 32.1. The Morgan fingerprint density at radius 2 is 2.05 bits per heavy atom. The molecule has 2 N–H and O–H groups in total. The Kier molecular flexibility index (Phi) is 3.30. The first-order valence-corrected chi connectivity index (χ1v) is 6.92. The summed E-state index contributed by atoms with van der Waals surface area (Å²) in [7, 11) is 0. The van der Waals surface area contributed by atoms with Gasteiger partial charge in [-0.1, -0.05) is 0 Å². The Morgan fingerprint density at radius 3 is 2.80 bits per heavy atom. The standard InChI is InChI=1S/C14H12N4OS/c15-14(19)13-11(4-8-20-13)12-3-7-18(17-12)9-10-1-5-16-6-2-10/h1-8H,9H2,(H2,15,19). The number of nitrogens with zero attached hydrogens (tertiary/aromatic N) is 3. The highest BCUT2D eigenvalue weighted by Gasteiger charge is 2.13. The number of amides is 1. The molecule has 3 rings (SSSR count). The maximum Gasteiger partial charge on any atom is 0.259 e. The minimum Gasteiger partial charge on any atom is -0.365 e. The van der Waals surface area contributed by atoms with Crippen molar-refractivity contribution >= 4 is 17.2 Å². The van der Waals surface area contributed by atoms with Crippen LogP contribution in [-0.4, -0.2) is 20.7 Å². The number of carbonyl (C=O) groups is 1. The number of hydrogen-bond acceptors (Lipinski definition) is 4.